The van der Waals surface area contributed by atoms with Crippen molar-refractivity contribution in [2.75, 3.05) is 23.8 Å². The van der Waals surface area contributed by atoms with E-state index < -0.39 is 0 Å². The second-order valence-corrected chi connectivity index (χ2v) is 3.74. The van der Waals surface area contributed by atoms with E-state index in [0.717, 1.165) is 11.5 Å². The van der Waals surface area contributed by atoms with Gasteiger partial charge in [0.05, 0.1) is 6.61 Å². The van der Waals surface area contributed by atoms with Gasteiger partial charge in [0.15, 0.2) is 0 Å². The van der Waals surface area contributed by atoms with E-state index in [9.17, 15) is 0 Å². The van der Waals surface area contributed by atoms with Crippen molar-refractivity contribution < 1.29 is 5.11 Å². The zero-order chi connectivity index (χ0) is 11.4. The van der Waals surface area contributed by atoms with Gasteiger partial charge in [-0.1, -0.05) is 0 Å². The molecule has 0 atom stereocenters. The lowest BCUT2D eigenvalue weighted by atomic mass is 10.3. The molecule has 0 saturated carbocycles. The third kappa shape index (κ3) is 3.06. The van der Waals surface area contributed by atoms with Gasteiger partial charge >= 0.3 is 0 Å². The molecule has 0 aliphatic rings. The summed E-state index contributed by atoms with van der Waals surface area (Å²) in [7, 11) is 0. The molecule has 0 bridgehead atoms. The summed E-state index contributed by atoms with van der Waals surface area (Å²) in [6.07, 6.45) is 0. The third-order valence-corrected chi connectivity index (χ3v) is 2.12. The Morgan fingerprint density at radius 2 is 2.13 bits per heavy atom. The normalized spacial score (nSPS) is 10.7. The molecule has 0 saturated heterocycles. The van der Waals surface area contributed by atoms with Gasteiger partial charge in [0.25, 0.3) is 0 Å². The van der Waals surface area contributed by atoms with E-state index in [0.29, 0.717) is 6.54 Å². The predicted molar refractivity (Wildman–Crippen MR) is 60.7 cm³/mol. The van der Waals surface area contributed by atoms with E-state index in [-0.39, 0.29) is 18.6 Å². The Kier molecular flexibility index (Phi) is 3.85. The first-order valence-electron chi connectivity index (χ1n) is 5.03. The minimum atomic E-state index is 0.0983. The van der Waals surface area contributed by atoms with Crippen LogP contribution in [0.2, 0.25) is 0 Å². The van der Waals surface area contributed by atoms with Crippen LogP contribution in [0.15, 0.2) is 6.07 Å². The zero-order valence-corrected chi connectivity index (χ0v) is 9.44. The second-order valence-electron chi connectivity index (χ2n) is 3.74. The van der Waals surface area contributed by atoms with Crippen LogP contribution in [0.4, 0.5) is 11.8 Å². The summed E-state index contributed by atoms with van der Waals surface area (Å²) >= 11 is 0. The Bertz CT molecular complexity index is 307. The van der Waals surface area contributed by atoms with E-state index >= 15 is 0 Å². The van der Waals surface area contributed by atoms with Crippen LogP contribution < -0.4 is 10.6 Å². The first-order valence-corrected chi connectivity index (χ1v) is 5.03. The molecule has 1 heterocycles. The topological polar surface area (TPSA) is 75.3 Å². The van der Waals surface area contributed by atoms with E-state index in [2.05, 4.69) is 9.97 Å². The van der Waals surface area contributed by atoms with Crippen molar-refractivity contribution in [2.24, 2.45) is 0 Å². The van der Waals surface area contributed by atoms with Gasteiger partial charge in [0.1, 0.15) is 5.82 Å². The van der Waals surface area contributed by atoms with Gasteiger partial charge in [-0.05, 0) is 20.8 Å². The average Bonchev–Trinajstić information content (AvgIpc) is 2.11. The quantitative estimate of drug-likeness (QED) is 0.760. The second kappa shape index (κ2) is 4.93. The molecule has 0 aliphatic carbocycles. The Labute approximate surface area is 90.0 Å². The zero-order valence-electron chi connectivity index (χ0n) is 9.44. The molecule has 0 aliphatic heterocycles. The maximum atomic E-state index is 8.97. The number of rotatable bonds is 4. The highest BCUT2D eigenvalue weighted by atomic mass is 16.3. The highest BCUT2D eigenvalue weighted by Crippen LogP contribution is 2.15. The molecule has 1 rings (SSSR count). The largest absolute Gasteiger partial charge is 0.395 e. The number of aliphatic hydroxyl groups is 1. The Morgan fingerprint density at radius 1 is 1.47 bits per heavy atom. The van der Waals surface area contributed by atoms with E-state index in [1.807, 2.05) is 31.7 Å². The van der Waals surface area contributed by atoms with Crippen LogP contribution in [0.3, 0.4) is 0 Å². The van der Waals surface area contributed by atoms with Crippen LogP contribution in [0.25, 0.3) is 0 Å². The van der Waals surface area contributed by atoms with Gasteiger partial charge in [-0.15, -0.1) is 0 Å². The number of aliphatic hydroxyl groups excluding tert-OH is 1. The number of hydrogen-bond acceptors (Lipinski definition) is 5. The lowest BCUT2D eigenvalue weighted by Crippen LogP contribution is -2.34. The molecule has 0 radical (unpaired) electrons. The first kappa shape index (κ1) is 11.7. The highest BCUT2D eigenvalue weighted by molar-refractivity contribution is 5.43. The number of hydrogen-bond donors (Lipinski definition) is 2. The molecule has 1 aromatic heterocycles. The van der Waals surface area contributed by atoms with Gasteiger partial charge in [-0.25, -0.2) is 4.98 Å². The number of nitrogens with two attached hydrogens (primary N) is 1. The molecule has 3 N–H and O–H groups in total. The minimum Gasteiger partial charge on any atom is -0.395 e. The fraction of sp³-hybridized carbons (Fsp3) is 0.600. The number of aryl methyl sites for hydroxylation is 1. The van der Waals surface area contributed by atoms with Crippen molar-refractivity contribution in [3.63, 3.8) is 0 Å². The Hall–Kier alpha value is -1.36. The van der Waals surface area contributed by atoms with Crippen LogP contribution in [0.5, 0.6) is 0 Å². The van der Waals surface area contributed by atoms with Gasteiger partial charge < -0.3 is 15.7 Å². The molecule has 0 spiro atoms. The molecule has 0 amide bonds. The van der Waals surface area contributed by atoms with Crippen molar-refractivity contribution >= 4 is 11.8 Å². The summed E-state index contributed by atoms with van der Waals surface area (Å²) in [6.45, 7) is 6.61. The molecule has 5 nitrogen and oxygen atoms in total. The van der Waals surface area contributed by atoms with Crippen molar-refractivity contribution in [3.8, 4) is 0 Å². The number of nitrogens with zero attached hydrogens (tertiary/aromatic N) is 3. The summed E-state index contributed by atoms with van der Waals surface area (Å²) in [4.78, 5) is 10.2. The van der Waals surface area contributed by atoms with Crippen LogP contribution in [-0.2, 0) is 0 Å². The van der Waals surface area contributed by atoms with Crippen molar-refractivity contribution in [3.05, 3.63) is 11.8 Å². The average molecular weight is 210 g/mol. The van der Waals surface area contributed by atoms with Crippen LogP contribution in [-0.4, -0.2) is 34.3 Å². The fourth-order valence-corrected chi connectivity index (χ4v) is 1.47. The molecule has 0 unspecified atom stereocenters. The minimum absolute atomic E-state index is 0.0983. The maximum Gasteiger partial charge on any atom is 0.222 e. The summed E-state index contributed by atoms with van der Waals surface area (Å²) in [5.74, 6) is 1.04. The monoisotopic (exact) mass is 210 g/mol. The third-order valence-electron chi connectivity index (χ3n) is 2.12. The molecule has 0 aromatic carbocycles. The number of anilines is 2. The van der Waals surface area contributed by atoms with E-state index in [4.69, 9.17) is 10.8 Å². The Morgan fingerprint density at radius 3 is 2.60 bits per heavy atom. The van der Waals surface area contributed by atoms with Crippen LogP contribution >= 0.6 is 0 Å². The van der Waals surface area contributed by atoms with Crippen molar-refractivity contribution in [1.29, 1.82) is 0 Å². The van der Waals surface area contributed by atoms with Crippen LogP contribution in [0, 0.1) is 6.92 Å². The summed E-state index contributed by atoms with van der Waals surface area (Å²) in [5, 5.41) is 8.97. The van der Waals surface area contributed by atoms with E-state index in [1.165, 1.54) is 0 Å². The smallest absolute Gasteiger partial charge is 0.222 e. The summed E-state index contributed by atoms with van der Waals surface area (Å²) in [6, 6.07) is 2.14. The van der Waals surface area contributed by atoms with Crippen molar-refractivity contribution in [2.45, 2.75) is 26.8 Å². The number of aromatic nitrogens is 2. The Balaban J connectivity index is 2.99. The number of nitrogen functional groups attached to an aromatic ring is 1. The van der Waals surface area contributed by atoms with Gasteiger partial charge in [0.2, 0.25) is 5.95 Å². The van der Waals surface area contributed by atoms with Crippen LogP contribution in [0.1, 0.15) is 19.5 Å². The molecular formula is C10H18N4O. The fourth-order valence-electron chi connectivity index (χ4n) is 1.47. The first-order chi connectivity index (χ1) is 7.04. The molecule has 0 fully saturated rings. The van der Waals surface area contributed by atoms with E-state index in [1.54, 1.807) is 0 Å². The lowest BCUT2D eigenvalue weighted by Gasteiger charge is -2.27. The standard InChI is InChI=1S/C10H18N4O/c1-7(2)14(4-5-15)9-6-8(3)12-10(11)13-9/h6-7,15H,4-5H2,1-3H3,(H2,11,12,13). The molecule has 84 valence electrons. The summed E-state index contributed by atoms with van der Waals surface area (Å²) < 4.78 is 0. The van der Waals surface area contributed by atoms with Crippen molar-refractivity contribution in [1.82, 2.24) is 9.97 Å². The molecular weight excluding hydrogens is 192 g/mol. The van der Waals surface area contributed by atoms with Gasteiger partial charge in [-0.3, -0.25) is 0 Å². The van der Waals surface area contributed by atoms with Gasteiger partial charge in [-0.2, -0.15) is 4.98 Å². The highest BCUT2D eigenvalue weighted by Gasteiger charge is 2.12. The van der Waals surface area contributed by atoms with Gasteiger partial charge in [0, 0.05) is 24.3 Å². The molecule has 1 aromatic rings. The lowest BCUT2D eigenvalue weighted by molar-refractivity contribution is 0.298. The maximum absolute atomic E-state index is 8.97. The molecule has 5 heteroatoms. The SMILES string of the molecule is Cc1cc(N(CCO)C(C)C)nc(N)n1. The predicted octanol–water partition coefficient (Wildman–Crippen LogP) is 0.574. The summed E-state index contributed by atoms with van der Waals surface area (Å²) in [5.41, 5.74) is 6.42. The molecule has 15 heavy (non-hydrogen) atoms.